The SMILES string of the molecule is COc1ccc(OC(C)C(=O)OCC(=O)NC(=O)NC2CCCCC2C)cc1. The molecule has 1 aliphatic rings. The fraction of sp³-hybridized carbons (Fsp3) is 0.550. The minimum absolute atomic E-state index is 0.0574. The maximum Gasteiger partial charge on any atom is 0.347 e. The van der Waals surface area contributed by atoms with Crippen LogP contribution in [0.4, 0.5) is 4.79 Å². The molecule has 8 heteroatoms. The second-order valence-corrected chi connectivity index (χ2v) is 6.93. The van der Waals surface area contributed by atoms with E-state index in [-0.39, 0.29) is 6.04 Å². The van der Waals surface area contributed by atoms with E-state index >= 15 is 0 Å². The molecule has 0 bridgehead atoms. The maximum atomic E-state index is 12.0. The van der Waals surface area contributed by atoms with Gasteiger partial charge in [-0.1, -0.05) is 19.8 Å². The maximum absolute atomic E-state index is 12.0. The Kier molecular flexibility index (Phi) is 8.10. The van der Waals surface area contributed by atoms with E-state index in [1.807, 2.05) is 0 Å². The van der Waals surface area contributed by atoms with Crippen molar-refractivity contribution in [2.75, 3.05) is 13.7 Å². The molecule has 3 atom stereocenters. The lowest BCUT2D eigenvalue weighted by Gasteiger charge is -2.29. The Morgan fingerprint density at radius 1 is 1.11 bits per heavy atom. The van der Waals surface area contributed by atoms with Crippen molar-refractivity contribution in [2.45, 2.75) is 51.7 Å². The topological polar surface area (TPSA) is 103 Å². The Hall–Kier alpha value is -2.77. The van der Waals surface area contributed by atoms with Crippen molar-refractivity contribution < 1.29 is 28.6 Å². The first kappa shape index (κ1) is 21.5. The molecular formula is C20H28N2O6. The molecular weight excluding hydrogens is 364 g/mol. The predicted octanol–water partition coefficient (Wildman–Crippen LogP) is 2.41. The van der Waals surface area contributed by atoms with Gasteiger partial charge in [0, 0.05) is 6.04 Å². The van der Waals surface area contributed by atoms with Gasteiger partial charge in [0.25, 0.3) is 5.91 Å². The van der Waals surface area contributed by atoms with E-state index in [1.165, 1.54) is 6.92 Å². The van der Waals surface area contributed by atoms with Crippen LogP contribution in [0.2, 0.25) is 0 Å². The standard InChI is InChI=1S/C20H28N2O6/c1-13-6-4-5-7-17(13)21-20(25)22-18(23)12-27-19(24)14(2)28-16-10-8-15(26-3)9-11-16/h8-11,13-14,17H,4-7,12H2,1-3H3,(H2,21,22,23,25). The number of esters is 1. The van der Waals surface area contributed by atoms with E-state index < -0.39 is 30.6 Å². The zero-order chi connectivity index (χ0) is 20.5. The molecule has 1 saturated carbocycles. The van der Waals surface area contributed by atoms with Gasteiger partial charge in [-0.2, -0.15) is 0 Å². The van der Waals surface area contributed by atoms with Crippen LogP contribution < -0.4 is 20.1 Å². The number of methoxy groups -OCH3 is 1. The molecule has 0 saturated heterocycles. The van der Waals surface area contributed by atoms with Crippen molar-refractivity contribution in [3.8, 4) is 11.5 Å². The van der Waals surface area contributed by atoms with Crippen molar-refractivity contribution in [1.82, 2.24) is 10.6 Å². The second kappa shape index (κ2) is 10.5. The third kappa shape index (κ3) is 6.75. The summed E-state index contributed by atoms with van der Waals surface area (Å²) in [4.78, 5) is 35.7. The van der Waals surface area contributed by atoms with Crippen LogP contribution in [-0.4, -0.2) is 43.8 Å². The van der Waals surface area contributed by atoms with E-state index in [4.69, 9.17) is 14.2 Å². The third-order valence-corrected chi connectivity index (χ3v) is 4.73. The lowest BCUT2D eigenvalue weighted by atomic mass is 9.86. The summed E-state index contributed by atoms with van der Waals surface area (Å²) in [5, 5.41) is 4.99. The number of hydrogen-bond acceptors (Lipinski definition) is 6. The molecule has 1 aromatic carbocycles. The van der Waals surface area contributed by atoms with Gasteiger partial charge in [-0.15, -0.1) is 0 Å². The molecule has 0 aliphatic heterocycles. The van der Waals surface area contributed by atoms with Gasteiger partial charge in [-0.3, -0.25) is 10.1 Å². The van der Waals surface area contributed by atoms with Gasteiger partial charge in [-0.25, -0.2) is 9.59 Å². The summed E-state index contributed by atoms with van der Waals surface area (Å²) < 4.78 is 15.4. The van der Waals surface area contributed by atoms with Gasteiger partial charge in [-0.05, 0) is 49.9 Å². The van der Waals surface area contributed by atoms with Gasteiger partial charge in [0.2, 0.25) is 0 Å². The Bertz CT molecular complexity index is 676. The molecule has 0 heterocycles. The van der Waals surface area contributed by atoms with Crippen molar-refractivity contribution in [1.29, 1.82) is 0 Å². The van der Waals surface area contributed by atoms with Crippen LogP contribution in [0.25, 0.3) is 0 Å². The highest BCUT2D eigenvalue weighted by molar-refractivity contribution is 5.95. The van der Waals surface area contributed by atoms with Crippen LogP contribution in [0.5, 0.6) is 11.5 Å². The van der Waals surface area contributed by atoms with Gasteiger partial charge >= 0.3 is 12.0 Å². The molecule has 1 aromatic rings. The summed E-state index contributed by atoms with van der Waals surface area (Å²) in [6, 6.07) is 6.21. The molecule has 0 aromatic heterocycles. The summed E-state index contributed by atoms with van der Waals surface area (Å²) in [5.41, 5.74) is 0. The average molecular weight is 392 g/mol. The highest BCUT2D eigenvalue weighted by Gasteiger charge is 2.24. The summed E-state index contributed by atoms with van der Waals surface area (Å²) in [5.74, 6) is 0.123. The number of nitrogens with one attached hydrogen (secondary N) is 2. The van der Waals surface area contributed by atoms with Crippen LogP contribution in [-0.2, 0) is 14.3 Å². The minimum atomic E-state index is -0.905. The lowest BCUT2D eigenvalue weighted by Crippen LogP contribution is -2.48. The fourth-order valence-corrected chi connectivity index (χ4v) is 3.06. The zero-order valence-corrected chi connectivity index (χ0v) is 16.5. The first-order chi connectivity index (χ1) is 13.4. The Morgan fingerprint density at radius 3 is 2.39 bits per heavy atom. The van der Waals surface area contributed by atoms with E-state index in [9.17, 15) is 14.4 Å². The van der Waals surface area contributed by atoms with Crippen molar-refractivity contribution in [3.63, 3.8) is 0 Å². The first-order valence-corrected chi connectivity index (χ1v) is 9.46. The summed E-state index contributed by atoms with van der Waals surface area (Å²) in [6.45, 7) is 3.04. The molecule has 154 valence electrons. The Balaban J connectivity index is 1.70. The number of rotatable bonds is 7. The Labute approximate surface area is 164 Å². The molecule has 2 rings (SSSR count). The number of urea groups is 1. The number of amides is 3. The highest BCUT2D eigenvalue weighted by atomic mass is 16.6. The molecule has 0 radical (unpaired) electrons. The smallest absolute Gasteiger partial charge is 0.347 e. The first-order valence-electron chi connectivity index (χ1n) is 9.46. The molecule has 8 nitrogen and oxygen atoms in total. The fourth-order valence-electron chi connectivity index (χ4n) is 3.06. The molecule has 3 amide bonds. The highest BCUT2D eigenvalue weighted by Crippen LogP contribution is 2.23. The summed E-state index contributed by atoms with van der Waals surface area (Å²) in [6.07, 6.45) is 3.28. The van der Waals surface area contributed by atoms with E-state index in [2.05, 4.69) is 17.6 Å². The van der Waals surface area contributed by atoms with Crippen LogP contribution in [0.1, 0.15) is 39.5 Å². The molecule has 28 heavy (non-hydrogen) atoms. The van der Waals surface area contributed by atoms with Crippen LogP contribution in [0.15, 0.2) is 24.3 Å². The zero-order valence-electron chi connectivity index (χ0n) is 16.5. The van der Waals surface area contributed by atoms with Crippen LogP contribution in [0, 0.1) is 5.92 Å². The van der Waals surface area contributed by atoms with Crippen molar-refractivity contribution in [2.24, 2.45) is 5.92 Å². The monoisotopic (exact) mass is 392 g/mol. The normalized spacial score (nSPS) is 19.8. The lowest BCUT2D eigenvalue weighted by molar-refractivity contribution is -0.154. The number of carbonyl (C=O) groups is 3. The molecule has 2 N–H and O–H groups in total. The predicted molar refractivity (Wildman–Crippen MR) is 102 cm³/mol. The van der Waals surface area contributed by atoms with Gasteiger partial charge in [0.15, 0.2) is 12.7 Å². The largest absolute Gasteiger partial charge is 0.497 e. The second-order valence-electron chi connectivity index (χ2n) is 6.93. The number of imide groups is 1. The van der Waals surface area contributed by atoms with Crippen LogP contribution >= 0.6 is 0 Å². The number of hydrogen-bond donors (Lipinski definition) is 2. The summed E-state index contributed by atoms with van der Waals surface area (Å²) in [7, 11) is 1.55. The minimum Gasteiger partial charge on any atom is -0.497 e. The number of carbonyl (C=O) groups excluding carboxylic acids is 3. The quantitative estimate of drug-likeness (QED) is 0.691. The van der Waals surface area contributed by atoms with Gasteiger partial charge < -0.3 is 19.5 Å². The van der Waals surface area contributed by atoms with E-state index in [0.717, 1.165) is 25.7 Å². The van der Waals surface area contributed by atoms with Crippen molar-refractivity contribution >= 4 is 17.9 Å². The number of ether oxygens (including phenoxy) is 3. The van der Waals surface area contributed by atoms with Gasteiger partial charge in [0.1, 0.15) is 11.5 Å². The average Bonchev–Trinajstić information content (AvgIpc) is 2.68. The third-order valence-electron chi connectivity index (χ3n) is 4.73. The van der Waals surface area contributed by atoms with E-state index in [0.29, 0.717) is 17.4 Å². The molecule has 1 fully saturated rings. The molecule has 3 unspecified atom stereocenters. The van der Waals surface area contributed by atoms with Crippen LogP contribution in [0.3, 0.4) is 0 Å². The molecule has 0 spiro atoms. The van der Waals surface area contributed by atoms with E-state index in [1.54, 1.807) is 31.4 Å². The number of benzene rings is 1. The van der Waals surface area contributed by atoms with Gasteiger partial charge in [0.05, 0.1) is 7.11 Å². The Morgan fingerprint density at radius 2 is 1.75 bits per heavy atom. The molecule has 1 aliphatic carbocycles. The summed E-state index contributed by atoms with van der Waals surface area (Å²) >= 11 is 0. The van der Waals surface area contributed by atoms with Crippen molar-refractivity contribution in [3.05, 3.63) is 24.3 Å².